The maximum Gasteiger partial charge on any atom is 0.0897 e. The van der Waals surface area contributed by atoms with Crippen LogP contribution in [0, 0.1) is 6.92 Å². The van der Waals surface area contributed by atoms with Crippen LogP contribution >= 0.6 is 11.3 Å². The van der Waals surface area contributed by atoms with Crippen molar-refractivity contribution in [3.63, 3.8) is 0 Å². The van der Waals surface area contributed by atoms with Gasteiger partial charge in [0.05, 0.1) is 5.01 Å². The van der Waals surface area contributed by atoms with Gasteiger partial charge in [-0.3, -0.25) is 4.90 Å². The van der Waals surface area contributed by atoms with Gasteiger partial charge in [-0.15, -0.1) is 11.3 Å². The van der Waals surface area contributed by atoms with Crippen LogP contribution in [0.1, 0.15) is 29.3 Å². The Morgan fingerprint density at radius 3 is 2.75 bits per heavy atom. The normalized spacial score (nSPS) is 20.5. The fourth-order valence-electron chi connectivity index (χ4n) is 1.48. The Labute approximate surface area is 77.2 Å². The molecule has 3 heteroatoms. The predicted molar refractivity (Wildman–Crippen MR) is 51.5 cm³/mol. The molecule has 1 aliphatic heterocycles. The molecule has 2 nitrogen and oxygen atoms in total. The fraction of sp³-hybridized carbons (Fsp3) is 0.667. The molecule has 2 heterocycles. The highest BCUT2D eigenvalue weighted by Gasteiger charge is 2.22. The van der Waals surface area contributed by atoms with Crippen LogP contribution in [-0.4, -0.2) is 23.0 Å². The van der Waals surface area contributed by atoms with E-state index in [2.05, 4.69) is 23.7 Å². The molecule has 0 saturated carbocycles. The van der Waals surface area contributed by atoms with Gasteiger partial charge in [-0.2, -0.15) is 0 Å². The minimum absolute atomic E-state index is 0.588. The average molecular weight is 182 g/mol. The number of aryl methyl sites for hydroxylation is 1. The highest BCUT2D eigenvalue weighted by molar-refractivity contribution is 7.11. The van der Waals surface area contributed by atoms with Crippen molar-refractivity contribution in [2.75, 3.05) is 13.1 Å². The summed E-state index contributed by atoms with van der Waals surface area (Å²) < 4.78 is 0. The minimum Gasteiger partial charge on any atom is -0.296 e. The van der Waals surface area contributed by atoms with Crippen molar-refractivity contribution in [1.29, 1.82) is 0 Å². The van der Waals surface area contributed by atoms with Crippen molar-refractivity contribution in [2.24, 2.45) is 0 Å². The minimum atomic E-state index is 0.588. The van der Waals surface area contributed by atoms with E-state index in [1.54, 1.807) is 0 Å². The van der Waals surface area contributed by atoms with Gasteiger partial charge in [0.1, 0.15) is 0 Å². The second kappa shape index (κ2) is 3.15. The van der Waals surface area contributed by atoms with E-state index in [1.807, 2.05) is 17.5 Å². The maximum atomic E-state index is 4.27. The lowest BCUT2D eigenvalue weighted by atomic mass is 10.1. The molecule has 1 aliphatic rings. The molecular weight excluding hydrogens is 168 g/mol. The molecule has 2 rings (SSSR count). The first-order valence-electron chi connectivity index (χ1n) is 4.44. The Morgan fingerprint density at radius 1 is 1.58 bits per heavy atom. The van der Waals surface area contributed by atoms with Crippen molar-refractivity contribution < 1.29 is 0 Å². The SMILES string of the molecule is Cc1ncc(C(C)N2CCC2)s1. The van der Waals surface area contributed by atoms with Crippen molar-refractivity contribution in [3.8, 4) is 0 Å². The highest BCUT2D eigenvalue weighted by Crippen LogP contribution is 2.28. The zero-order valence-corrected chi connectivity index (χ0v) is 8.40. The Hall–Kier alpha value is -0.410. The van der Waals surface area contributed by atoms with E-state index in [-0.39, 0.29) is 0 Å². The van der Waals surface area contributed by atoms with Gasteiger partial charge < -0.3 is 0 Å². The molecule has 1 aromatic rings. The number of hydrogen-bond acceptors (Lipinski definition) is 3. The van der Waals surface area contributed by atoms with Crippen molar-refractivity contribution in [3.05, 3.63) is 16.1 Å². The lowest BCUT2D eigenvalue weighted by Gasteiger charge is -2.35. The highest BCUT2D eigenvalue weighted by atomic mass is 32.1. The zero-order chi connectivity index (χ0) is 8.55. The summed E-state index contributed by atoms with van der Waals surface area (Å²) in [6, 6.07) is 0.588. The molecule has 1 unspecified atom stereocenters. The fourth-order valence-corrected chi connectivity index (χ4v) is 2.35. The molecule has 1 fully saturated rings. The van der Waals surface area contributed by atoms with Gasteiger partial charge >= 0.3 is 0 Å². The average Bonchev–Trinajstić information content (AvgIpc) is 2.31. The van der Waals surface area contributed by atoms with Crippen LogP contribution in [0.2, 0.25) is 0 Å². The summed E-state index contributed by atoms with van der Waals surface area (Å²) in [5, 5.41) is 1.18. The molecule has 1 atom stereocenters. The summed E-state index contributed by atoms with van der Waals surface area (Å²) in [4.78, 5) is 8.17. The zero-order valence-electron chi connectivity index (χ0n) is 7.58. The van der Waals surface area contributed by atoms with Crippen LogP contribution in [0.3, 0.4) is 0 Å². The Balaban J connectivity index is 2.08. The van der Waals surface area contributed by atoms with Gasteiger partial charge in [-0.05, 0) is 33.4 Å². The van der Waals surface area contributed by atoms with E-state index in [0.29, 0.717) is 6.04 Å². The topological polar surface area (TPSA) is 16.1 Å². The van der Waals surface area contributed by atoms with Crippen molar-refractivity contribution in [2.45, 2.75) is 26.3 Å². The van der Waals surface area contributed by atoms with Crippen molar-refractivity contribution in [1.82, 2.24) is 9.88 Å². The van der Waals surface area contributed by atoms with Gasteiger partial charge in [-0.1, -0.05) is 0 Å². The molecule has 1 saturated heterocycles. The third-order valence-electron chi connectivity index (χ3n) is 2.49. The summed E-state index contributed by atoms with van der Waals surface area (Å²) in [7, 11) is 0. The number of hydrogen-bond donors (Lipinski definition) is 0. The van der Waals surface area contributed by atoms with Gasteiger partial charge in [0.15, 0.2) is 0 Å². The van der Waals surface area contributed by atoms with Crippen LogP contribution in [0.25, 0.3) is 0 Å². The van der Waals surface area contributed by atoms with Crippen LogP contribution < -0.4 is 0 Å². The lowest BCUT2D eigenvalue weighted by molar-refractivity contribution is 0.130. The second-order valence-electron chi connectivity index (χ2n) is 3.35. The third-order valence-corrected chi connectivity index (χ3v) is 3.57. The summed E-state index contributed by atoms with van der Waals surface area (Å²) in [5.74, 6) is 0. The molecule has 0 bridgehead atoms. The molecule has 0 aliphatic carbocycles. The van der Waals surface area contributed by atoms with Crippen LogP contribution in [0.15, 0.2) is 6.20 Å². The van der Waals surface area contributed by atoms with E-state index < -0.39 is 0 Å². The molecular formula is C9H14N2S. The Bertz CT molecular complexity index is 265. The standard InChI is InChI=1S/C9H14N2S/c1-7(11-4-3-5-11)9-6-10-8(2)12-9/h6-7H,3-5H2,1-2H3. The molecule has 12 heavy (non-hydrogen) atoms. The van der Waals surface area contributed by atoms with Gasteiger partial charge in [0.2, 0.25) is 0 Å². The van der Waals surface area contributed by atoms with Crippen LogP contribution in [-0.2, 0) is 0 Å². The summed E-state index contributed by atoms with van der Waals surface area (Å²) in [6.45, 7) is 6.86. The monoisotopic (exact) mass is 182 g/mol. The predicted octanol–water partition coefficient (Wildman–Crippen LogP) is 2.22. The number of likely N-dealkylation sites (tertiary alicyclic amines) is 1. The van der Waals surface area contributed by atoms with E-state index >= 15 is 0 Å². The van der Waals surface area contributed by atoms with E-state index in [0.717, 1.165) is 0 Å². The van der Waals surface area contributed by atoms with E-state index in [4.69, 9.17) is 0 Å². The lowest BCUT2D eigenvalue weighted by Crippen LogP contribution is -2.38. The third kappa shape index (κ3) is 1.39. The van der Waals surface area contributed by atoms with E-state index in [1.165, 1.54) is 29.4 Å². The largest absolute Gasteiger partial charge is 0.296 e. The first kappa shape index (κ1) is 8.20. The second-order valence-corrected chi connectivity index (χ2v) is 4.61. The van der Waals surface area contributed by atoms with Gasteiger partial charge in [0, 0.05) is 17.1 Å². The molecule has 0 spiro atoms. The molecule has 0 aromatic carbocycles. The Morgan fingerprint density at radius 2 is 2.33 bits per heavy atom. The molecule has 66 valence electrons. The first-order chi connectivity index (χ1) is 5.77. The van der Waals surface area contributed by atoms with E-state index in [9.17, 15) is 0 Å². The maximum absolute atomic E-state index is 4.27. The summed E-state index contributed by atoms with van der Waals surface area (Å²) in [6.07, 6.45) is 3.38. The number of nitrogens with zero attached hydrogens (tertiary/aromatic N) is 2. The smallest absolute Gasteiger partial charge is 0.0897 e. The van der Waals surface area contributed by atoms with Crippen LogP contribution in [0.5, 0.6) is 0 Å². The Kier molecular flexibility index (Phi) is 2.15. The number of thiazole rings is 1. The first-order valence-corrected chi connectivity index (χ1v) is 5.25. The van der Waals surface area contributed by atoms with Gasteiger partial charge in [-0.25, -0.2) is 4.98 Å². The summed E-state index contributed by atoms with van der Waals surface area (Å²) in [5.41, 5.74) is 0. The van der Waals surface area contributed by atoms with Gasteiger partial charge in [0.25, 0.3) is 0 Å². The summed E-state index contributed by atoms with van der Waals surface area (Å²) >= 11 is 1.82. The molecule has 0 amide bonds. The van der Waals surface area contributed by atoms with Crippen molar-refractivity contribution >= 4 is 11.3 Å². The number of rotatable bonds is 2. The molecule has 0 radical (unpaired) electrons. The number of aromatic nitrogens is 1. The molecule has 0 N–H and O–H groups in total. The van der Waals surface area contributed by atoms with Crippen LogP contribution in [0.4, 0.5) is 0 Å². The quantitative estimate of drug-likeness (QED) is 0.697. The molecule has 1 aromatic heterocycles.